The molecule has 0 amide bonds. The van der Waals surface area contributed by atoms with E-state index in [-0.39, 0.29) is 11.9 Å². The molecule has 2 aromatic rings. The highest BCUT2D eigenvalue weighted by Gasteiger charge is 2.16. The van der Waals surface area contributed by atoms with Gasteiger partial charge in [-0.05, 0) is 18.4 Å². The predicted molar refractivity (Wildman–Crippen MR) is 92.6 cm³/mol. The van der Waals surface area contributed by atoms with Gasteiger partial charge in [0.15, 0.2) is 11.4 Å². The molecule has 0 atom stereocenters. The van der Waals surface area contributed by atoms with Crippen molar-refractivity contribution in [1.29, 1.82) is 5.26 Å². The first kappa shape index (κ1) is 17.5. The van der Waals surface area contributed by atoms with Crippen LogP contribution in [0.1, 0.15) is 12.0 Å². The highest BCUT2D eigenvalue weighted by atomic mass is 32.2. The van der Waals surface area contributed by atoms with Gasteiger partial charge in [0.2, 0.25) is 0 Å². The van der Waals surface area contributed by atoms with Crippen molar-refractivity contribution in [2.45, 2.75) is 17.9 Å². The van der Waals surface area contributed by atoms with Crippen molar-refractivity contribution >= 4 is 11.8 Å². The van der Waals surface area contributed by atoms with Crippen LogP contribution in [0.3, 0.4) is 0 Å². The molecule has 1 aliphatic heterocycles. The number of nitrogens with one attached hydrogen (secondary N) is 1. The van der Waals surface area contributed by atoms with Gasteiger partial charge in [-0.2, -0.15) is 5.26 Å². The highest BCUT2D eigenvalue weighted by molar-refractivity contribution is 7.98. The van der Waals surface area contributed by atoms with Crippen LogP contribution in [0.25, 0.3) is 11.3 Å². The van der Waals surface area contributed by atoms with E-state index in [0.29, 0.717) is 48.4 Å². The van der Waals surface area contributed by atoms with Crippen LogP contribution < -0.4 is 10.3 Å². The summed E-state index contributed by atoms with van der Waals surface area (Å²) in [5.41, 5.74) is 0.550. The summed E-state index contributed by atoms with van der Waals surface area (Å²) in [7, 11) is 0. The molecule has 130 valence electrons. The van der Waals surface area contributed by atoms with Crippen LogP contribution >= 0.6 is 11.8 Å². The number of thioether (sulfide) groups is 1. The number of ether oxygens (including phenoxy) is 3. The fraction of sp³-hybridized carbons (Fsp3) is 0.353. The highest BCUT2D eigenvalue weighted by Crippen LogP contribution is 2.25. The van der Waals surface area contributed by atoms with Gasteiger partial charge >= 0.3 is 0 Å². The Labute approximate surface area is 148 Å². The van der Waals surface area contributed by atoms with Gasteiger partial charge in [-0.25, -0.2) is 4.98 Å². The molecule has 0 bridgehead atoms. The second kappa shape index (κ2) is 8.16. The van der Waals surface area contributed by atoms with Crippen molar-refractivity contribution in [3.63, 3.8) is 0 Å². The van der Waals surface area contributed by atoms with E-state index in [1.807, 2.05) is 12.1 Å². The van der Waals surface area contributed by atoms with Crippen LogP contribution in [-0.4, -0.2) is 42.3 Å². The summed E-state index contributed by atoms with van der Waals surface area (Å²) >= 11 is 1.31. The smallest absolute Gasteiger partial charge is 0.270 e. The number of nitriles is 1. The van der Waals surface area contributed by atoms with Gasteiger partial charge in [0, 0.05) is 12.0 Å². The standard InChI is InChI=1S/C17H17N3O4S/c1-25-17-19-15(13(10-18)16(21)20-17)11-3-2-4-12(9-11)22-6-5-14-23-7-8-24-14/h2-4,9,14H,5-8H2,1H3,(H,19,20,21). The summed E-state index contributed by atoms with van der Waals surface area (Å²) in [4.78, 5) is 19.0. The molecule has 1 aromatic carbocycles. The van der Waals surface area contributed by atoms with Gasteiger partial charge in [-0.3, -0.25) is 4.79 Å². The lowest BCUT2D eigenvalue weighted by atomic mass is 10.1. The first-order chi connectivity index (χ1) is 12.2. The molecular formula is C17H17N3O4S. The van der Waals surface area contributed by atoms with E-state index in [0.717, 1.165) is 0 Å². The SMILES string of the molecule is CSc1nc(-c2cccc(OCCC3OCCO3)c2)c(C#N)c(=O)[nH]1. The van der Waals surface area contributed by atoms with Gasteiger partial charge in [0.05, 0.1) is 25.5 Å². The zero-order chi connectivity index (χ0) is 17.6. The van der Waals surface area contributed by atoms with Crippen LogP contribution in [0.4, 0.5) is 0 Å². The minimum absolute atomic E-state index is 0.0114. The van der Waals surface area contributed by atoms with Gasteiger partial charge < -0.3 is 19.2 Å². The van der Waals surface area contributed by atoms with E-state index in [1.165, 1.54) is 11.8 Å². The van der Waals surface area contributed by atoms with Crippen LogP contribution in [0, 0.1) is 11.3 Å². The van der Waals surface area contributed by atoms with Crippen LogP contribution in [0.15, 0.2) is 34.2 Å². The summed E-state index contributed by atoms with van der Waals surface area (Å²) in [6.07, 6.45) is 2.22. The fourth-order valence-corrected chi connectivity index (χ4v) is 2.82. The van der Waals surface area contributed by atoms with Crippen molar-refractivity contribution < 1.29 is 14.2 Å². The lowest BCUT2D eigenvalue weighted by Crippen LogP contribution is -2.14. The Morgan fingerprint density at radius 1 is 1.44 bits per heavy atom. The van der Waals surface area contributed by atoms with E-state index in [1.54, 1.807) is 24.5 Å². The average Bonchev–Trinajstić information content (AvgIpc) is 3.14. The minimum Gasteiger partial charge on any atom is -0.493 e. The molecule has 0 radical (unpaired) electrons. The average molecular weight is 359 g/mol. The number of H-pyrrole nitrogens is 1. The monoisotopic (exact) mass is 359 g/mol. The number of nitrogens with zero attached hydrogens (tertiary/aromatic N) is 2. The molecule has 1 aromatic heterocycles. The van der Waals surface area contributed by atoms with Crippen molar-refractivity contribution in [2.75, 3.05) is 26.1 Å². The molecule has 7 nitrogen and oxygen atoms in total. The molecular weight excluding hydrogens is 342 g/mol. The van der Waals surface area contributed by atoms with Gasteiger partial charge in [0.1, 0.15) is 17.4 Å². The number of aromatic nitrogens is 2. The molecule has 0 spiro atoms. The maximum atomic E-state index is 12.0. The molecule has 3 rings (SSSR count). The largest absolute Gasteiger partial charge is 0.493 e. The third-order valence-electron chi connectivity index (χ3n) is 3.62. The summed E-state index contributed by atoms with van der Waals surface area (Å²) in [6.45, 7) is 1.67. The number of rotatable bonds is 6. The van der Waals surface area contributed by atoms with Gasteiger partial charge in [-0.15, -0.1) is 0 Å². The quantitative estimate of drug-likeness (QED) is 0.623. The summed E-state index contributed by atoms with van der Waals surface area (Å²) < 4.78 is 16.5. The normalized spacial score (nSPS) is 14.4. The van der Waals surface area contributed by atoms with E-state index in [2.05, 4.69) is 9.97 Å². The molecule has 1 saturated heterocycles. The number of hydrogen-bond acceptors (Lipinski definition) is 7. The number of benzene rings is 1. The number of aromatic amines is 1. The third-order valence-corrected chi connectivity index (χ3v) is 4.20. The van der Waals surface area contributed by atoms with E-state index in [4.69, 9.17) is 14.2 Å². The van der Waals surface area contributed by atoms with Gasteiger partial charge in [-0.1, -0.05) is 23.9 Å². The number of hydrogen-bond donors (Lipinski definition) is 1. The molecule has 25 heavy (non-hydrogen) atoms. The predicted octanol–water partition coefficient (Wildman–Crippen LogP) is 2.17. The Bertz CT molecular complexity index is 841. The minimum atomic E-state index is -0.446. The van der Waals surface area contributed by atoms with Crippen molar-refractivity contribution in [3.05, 3.63) is 40.2 Å². The third kappa shape index (κ3) is 4.20. The van der Waals surface area contributed by atoms with E-state index >= 15 is 0 Å². The molecule has 1 aliphatic rings. The van der Waals surface area contributed by atoms with Crippen molar-refractivity contribution in [2.24, 2.45) is 0 Å². The van der Waals surface area contributed by atoms with Crippen molar-refractivity contribution in [1.82, 2.24) is 9.97 Å². The molecule has 0 unspecified atom stereocenters. The Kier molecular flexibility index (Phi) is 5.71. The second-order valence-electron chi connectivity index (χ2n) is 5.25. The molecule has 0 aliphatic carbocycles. The topological polar surface area (TPSA) is 97.2 Å². The van der Waals surface area contributed by atoms with Crippen molar-refractivity contribution in [3.8, 4) is 23.1 Å². The maximum absolute atomic E-state index is 12.0. The molecule has 1 N–H and O–H groups in total. The van der Waals surface area contributed by atoms with Crippen LogP contribution in [0.5, 0.6) is 5.75 Å². The fourth-order valence-electron chi connectivity index (χ4n) is 2.44. The van der Waals surface area contributed by atoms with Crippen LogP contribution in [0.2, 0.25) is 0 Å². The lowest BCUT2D eigenvalue weighted by molar-refractivity contribution is -0.0531. The Morgan fingerprint density at radius 3 is 2.96 bits per heavy atom. The zero-order valence-electron chi connectivity index (χ0n) is 13.7. The zero-order valence-corrected chi connectivity index (χ0v) is 14.5. The van der Waals surface area contributed by atoms with E-state index < -0.39 is 5.56 Å². The molecule has 2 heterocycles. The summed E-state index contributed by atoms with van der Waals surface area (Å²) in [6, 6.07) is 9.10. The molecule has 1 fully saturated rings. The summed E-state index contributed by atoms with van der Waals surface area (Å²) in [5, 5.41) is 9.74. The first-order valence-electron chi connectivity index (χ1n) is 7.76. The second-order valence-corrected chi connectivity index (χ2v) is 6.04. The molecule has 0 saturated carbocycles. The van der Waals surface area contributed by atoms with Gasteiger partial charge in [0.25, 0.3) is 5.56 Å². The van der Waals surface area contributed by atoms with Crippen LogP contribution in [-0.2, 0) is 9.47 Å². The Hall–Kier alpha value is -2.34. The first-order valence-corrected chi connectivity index (χ1v) is 8.98. The lowest BCUT2D eigenvalue weighted by Gasteiger charge is -2.11. The summed E-state index contributed by atoms with van der Waals surface area (Å²) in [5.74, 6) is 0.632. The maximum Gasteiger partial charge on any atom is 0.270 e. The van der Waals surface area contributed by atoms with E-state index in [9.17, 15) is 10.1 Å². The molecule has 8 heteroatoms. The Balaban J connectivity index is 1.80. The Morgan fingerprint density at radius 2 is 2.24 bits per heavy atom.